The van der Waals surface area contributed by atoms with Gasteiger partial charge in [-0.05, 0) is 6.92 Å². The highest BCUT2D eigenvalue weighted by molar-refractivity contribution is 9.11. The van der Waals surface area contributed by atoms with Gasteiger partial charge in [0.1, 0.15) is 0 Å². The molecule has 1 N–H and O–H groups in total. The first-order valence-corrected chi connectivity index (χ1v) is 2.52. The molecule has 0 rings (SSSR count). The third-order valence-corrected chi connectivity index (χ3v) is 1.17. The van der Waals surface area contributed by atoms with E-state index in [-0.39, 0.29) is 6.61 Å². The molecule has 0 amide bonds. The Morgan fingerprint density at radius 1 is 2.00 bits per heavy atom. The van der Waals surface area contributed by atoms with Crippen molar-refractivity contribution in [1.29, 1.82) is 0 Å². The Balaban J connectivity index is 3.22. The van der Waals surface area contributed by atoms with Crippen LogP contribution in [-0.4, -0.2) is 11.7 Å². The monoisotopic (exact) mass is 150 g/mol. The van der Waals surface area contributed by atoms with Crippen LogP contribution in [0.2, 0.25) is 0 Å². The Bertz CT molecular complexity index is 58.6. The molecular formula is C4H7BrO. The first-order chi connectivity index (χ1) is 2.81. The van der Waals surface area contributed by atoms with E-state index in [9.17, 15) is 0 Å². The van der Waals surface area contributed by atoms with Gasteiger partial charge in [-0.2, -0.15) is 0 Å². The van der Waals surface area contributed by atoms with Crippen LogP contribution in [0, 0.1) is 0 Å². The third-order valence-electron chi connectivity index (χ3n) is 0.464. The van der Waals surface area contributed by atoms with Crippen LogP contribution in [0.5, 0.6) is 0 Å². The molecule has 0 unspecified atom stereocenters. The van der Waals surface area contributed by atoms with E-state index in [2.05, 4.69) is 15.9 Å². The van der Waals surface area contributed by atoms with Crippen molar-refractivity contribution in [2.24, 2.45) is 0 Å². The zero-order valence-corrected chi connectivity index (χ0v) is 5.20. The second kappa shape index (κ2) is 3.37. The van der Waals surface area contributed by atoms with Gasteiger partial charge in [-0.25, -0.2) is 0 Å². The predicted molar refractivity (Wildman–Crippen MR) is 29.8 cm³/mol. The number of hydrogen-bond acceptors (Lipinski definition) is 1. The molecule has 0 fully saturated rings. The molecule has 0 saturated carbocycles. The summed E-state index contributed by atoms with van der Waals surface area (Å²) < 4.78 is 0.836. The lowest BCUT2D eigenvalue weighted by Crippen LogP contribution is -1.75. The highest BCUT2D eigenvalue weighted by atomic mass is 79.9. The quantitative estimate of drug-likeness (QED) is 0.598. The second-order valence-electron chi connectivity index (χ2n) is 0.894. The van der Waals surface area contributed by atoms with Crippen molar-refractivity contribution in [3.05, 3.63) is 10.6 Å². The molecule has 0 heterocycles. The molecule has 6 heavy (non-hydrogen) atoms. The van der Waals surface area contributed by atoms with Crippen LogP contribution in [0.1, 0.15) is 6.92 Å². The largest absolute Gasteiger partial charge is 0.391 e. The van der Waals surface area contributed by atoms with Crippen molar-refractivity contribution < 1.29 is 5.11 Å². The Labute approximate surface area is 45.8 Å². The van der Waals surface area contributed by atoms with Crippen molar-refractivity contribution in [3.63, 3.8) is 0 Å². The van der Waals surface area contributed by atoms with Crippen LogP contribution in [0.15, 0.2) is 10.6 Å². The van der Waals surface area contributed by atoms with Crippen molar-refractivity contribution in [2.45, 2.75) is 6.92 Å². The lowest BCUT2D eigenvalue weighted by molar-refractivity contribution is 0.340. The van der Waals surface area contributed by atoms with E-state index in [0.29, 0.717) is 0 Å². The Hall–Kier alpha value is 0.180. The van der Waals surface area contributed by atoms with Gasteiger partial charge in [-0.1, -0.05) is 22.0 Å². The Kier molecular flexibility index (Phi) is 3.47. The molecule has 0 aromatic carbocycles. The van der Waals surface area contributed by atoms with Crippen molar-refractivity contribution in [2.75, 3.05) is 6.61 Å². The van der Waals surface area contributed by atoms with Gasteiger partial charge in [-0.15, -0.1) is 0 Å². The number of aliphatic hydroxyl groups excluding tert-OH is 1. The first kappa shape index (κ1) is 6.18. The van der Waals surface area contributed by atoms with E-state index in [0.717, 1.165) is 4.48 Å². The molecular weight excluding hydrogens is 144 g/mol. The predicted octanol–water partition coefficient (Wildman–Crippen LogP) is 1.28. The summed E-state index contributed by atoms with van der Waals surface area (Å²) in [5.74, 6) is 0. The van der Waals surface area contributed by atoms with E-state index < -0.39 is 0 Å². The minimum atomic E-state index is 0.108. The summed E-state index contributed by atoms with van der Waals surface area (Å²) in [6.45, 7) is 1.97. The summed E-state index contributed by atoms with van der Waals surface area (Å²) in [7, 11) is 0. The molecule has 1 nitrogen and oxygen atoms in total. The highest BCUT2D eigenvalue weighted by Gasteiger charge is 1.77. The lowest BCUT2D eigenvalue weighted by Gasteiger charge is -1.82. The average molecular weight is 151 g/mol. The molecule has 2 heteroatoms. The van der Waals surface area contributed by atoms with E-state index in [1.807, 2.05) is 6.92 Å². The number of hydrogen-bond donors (Lipinski definition) is 1. The molecule has 0 bridgehead atoms. The summed E-state index contributed by atoms with van der Waals surface area (Å²) in [6, 6.07) is 0. The molecule has 0 atom stereocenters. The van der Waals surface area contributed by atoms with Crippen LogP contribution in [0.3, 0.4) is 0 Å². The molecule has 0 aliphatic heterocycles. The van der Waals surface area contributed by atoms with Crippen molar-refractivity contribution in [1.82, 2.24) is 0 Å². The molecule has 0 aromatic heterocycles. The smallest absolute Gasteiger partial charge is 0.0743 e. The molecule has 0 aliphatic carbocycles. The van der Waals surface area contributed by atoms with Crippen LogP contribution in [0.25, 0.3) is 0 Å². The first-order valence-electron chi connectivity index (χ1n) is 1.72. The average Bonchev–Trinajstić information content (AvgIpc) is 1.65. The van der Waals surface area contributed by atoms with Crippen molar-refractivity contribution >= 4 is 15.9 Å². The van der Waals surface area contributed by atoms with Gasteiger partial charge in [0.2, 0.25) is 0 Å². The van der Waals surface area contributed by atoms with Gasteiger partial charge >= 0.3 is 0 Å². The minimum Gasteiger partial charge on any atom is -0.391 e. The maximum atomic E-state index is 8.22. The van der Waals surface area contributed by atoms with Crippen LogP contribution >= 0.6 is 15.9 Å². The minimum absolute atomic E-state index is 0.108. The van der Waals surface area contributed by atoms with Crippen LogP contribution in [-0.2, 0) is 0 Å². The van der Waals surface area contributed by atoms with E-state index in [4.69, 9.17) is 5.11 Å². The fourth-order valence-electron chi connectivity index (χ4n) is 0.0913. The topological polar surface area (TPSA) is 20.2 Å². The molecule has 0 radical (unpaired) electrons. The summed E-state index contributed by atoms with van der Waals surface area (Å²) in [6.07, 6.45) is 1.81. The molecule has 0 saturated heterocycles. The summed E-state index contributed by atoms with van der Waals surface area (Å²) in [5, 5.41) is 8.22. The Morgan fingerprint density at radius 3 is 2.50 bits per heavy atom. The maximum absolute atomic E-state index is 8.22. The van der Waals surface area contributed by atoms with Crippen LogP contribution < -0.4 is 0 Å². The lowest BCUT2D eigenvalue weighted by atomic mass is 10.6. The van der Waals surface area contributed by atoms with E-state index in [1.54, 1.807) is 6.08 Å². The Morgan fingerprint density at radius 2 is 2.50 bits per heavy atom. The molecule has 0 aromatic rings. The standard InChI is InChI=1S/C4H7BrO/c1-2-4(5)3-6/h2,6H,3H2,1H3/b4-2+. The molecule has 36 valence electrons. The third kappa shape index (κ3) is 2.42. The number of allylic oxidation sites excluding steroid dienone is 1. The van der Waals surface area contributed by atoms with Gasteiger partial charge in [-0.3, -0.25) is 0 Å². The molecule has 0 aliphatic rings. The SMILES string of the molecule is C/C=C(/Br)CO. The second-order valence-corrected chi connectivity index (χ2v) is 1.91. The summed E-state index contributed by atoms with van der Waals surface area (Å²) in [4.78, 5) is 0. The van der Waals surface area contributed by atoms with Gasteiger partial charge < -0.3 is 5.11 Å². The number of rotatable bonds is 1. The molecule has 0 spiro atoms. The maximum Gasteiger partial charge on any atom is 0.0743 e. The zero-order valence-electron chi connectivity index (χ0n) is 3.61. The van der Waals surface area contributed by atoms with Gasteiger partial charge in [0.25, 0.3) is 0 Å². The summed E-state index contributed by atoms with van der Waals surface area (Å²) >= 11 is 3.09. The zero-order chi connectivity index (χ0) is 4.99. The van der Waals surface area contributed by atoms with E-state index in [1.165, 1.54) is 0 Å². The van der Waals surface area contributed by atoms with Gasteiger partial charge in [0.15, 0.2) is 0 Å². The number of aliphatic hydroxyl groups is 1. The van der Waals surface area contributed by atoms with Crippen molar-refractivity contribution in [3.8, 4) is 0 Å². The van der Waals surface area contributed by atoms with Gasteiger partial charge in [0, 0.05) is 4.48 Å². The highest BCUT2D eigenvalue weighted by Crippen LogP contribution is 1.99. The van der Waals surface area contributed by atoms with E-state index >= 15 is 0 Å². The summed E-state index contributed by atoms with van der Waals surface area (Å²) in [5.41, 5.74) is 0. The number of halogens is 1. The van der Waals surface area contributed by atoms with Crippen LogP contribution in [0.4, 0.5) is 0 Å². The van der Waals surface area contributed by atoms with Gasteiger partial charge in [0.05, 0.1) is 6.61 Å². The fourth-order valence-corrected chi connectivity index (χ4v) is 0.0913. The normalized spacial score (nSPS) is 12.2. The fraction of sp³-hybridized carbons (Fsp3) is 0.500.